The van der Waals surface area contributed by atoms with Crippen molar-refractivity contribution >= 4 is 10.9 Å². The van der Waals surface area contributed by atoms with E-state index < -0.39 is 6.10 Å². The normalized spacial score (nSPS) is 12.4. The highest BCUT2D eigenvalue weighted by Gasteiger charge is 2.10. The van der Waals surface area contributed by atoms with Crippen LogP contribution in [0.2, 0.25) is 0 Å². The molecule has 4 aromatic rings. The molecular formula is C23H22N2O2. The molecule has 4 nitrogen and oxygen atoms in total. The highest BCUT2D eigenvalue weighted by molar-refractivity contribution is 5.85. The second kappa shape index (κ2) is 7.35. The fraction of sp³-hybridized carbons (Fsp3) is 0.174. The fourth-order valence-corrected chi connectivity index (χ4v) is 3.28. The van der Waals surface area contributed by atoms with Gasteiger partial charge in [-0.05, 0) is 42.8 Å². The summed E-state index contributed by atoms with van der Waals surface area (Å²) in [5.74, 6) is 0. The van der Waals surface area contributed by atoms with Crippen LogP contribution in [0.15, 0.2) is 72.9 Å². The van der Waals surface area contributed by atoms with Crippen LogP contribution in [-0.2, 0) is 6.54 Å². The van der Waals surface area contributed by atoms with Crippen LogP contribution in [0.1, 0.15) is 22.9 Å². The van der Waals surface area contributed by atoms with E-state index in [0.29, 0.717) is 5.69 Å². The molecule has 2 heterocycles. The Morgan fingerprint density at radius 3 is 2.59 bits per heavy atom. The van der Waals surface area contributed by atoms with E-state index in [1.54, 1.807) is 6.07 Å². The van der Waals surface area contributed by atoms with Crippen LogP contribution >= 0.6 is 0 Å². The number of hydrogen-bond donors (Lipinski definition) is 2. The minimum Gasteiger partial charge on any atom is -0.393 e. The largest absolute Gasteiger partial charge is 0.393 e. The van der Waals surface area contributed by atoms with Crippen molar-refractivity contribution in [3.05, 3.63) is 89.7 Å². The van der Waals surface area contributed by atoms with Gasteiger partial charge in [-0.15, -0.1) is 0 Å². The lowest BCUT2D eigenvalue weighted by Crippen LogP contribution is -2.05. The zero-order chi connectivity index (χ0) is 18.8. The van der Waals surface area contributed by atoms with Gasteiger partial charge in [-0.1, -0.05) is 42.0 Å². The maximum absolute atomic E-state index is 9.82. The van der Waals surface area contributed by atoms with Crippen LogP contribution in [-0.4, -0.2) is 26.4 Å². The summed E-state index contributed by atoms with van der Waals surface area (Å²) in [6.45, 7) is 2.59. The number of benzene rings is 2. The van der Waals surface area contributed by atoms with E-state index in [9.17, 15) is 5.11 Å². The Hall–Kier alpha value is -2.95. The number of rotatable bonds is 5. The molecule has 4 heteroatoms. The Labute approximate surface area is 158 Å². The van der Waals surface area contributed by atoms with Gasteiger partial charge in [-0.25, -0.2) is 4.98 Å². The van der Waals surface area contributed by atoms with Crippen LogP contribution in [0.4, 0.5) is 0 Å². The number of fused-ring (bicyclic) bond motifs is 1. The third-order valence-electron chi connectivity index (χ3n) is 4.83. The molecule has 4 rings (SSSR count). The Morgan fingerprint density at radius 1 is 1.00 bits per heavy atom. The number of aliphatic hydroxyl groups is 2. The van der Waals surface area contributed by atoms with E-state index in [1.807, 2.05) is 18.2 Å². The van der Waals surface area contributed by atoms with Crippen LogP contribution in [0.3, 0.4) is 0 Å². The SMILES string of the molecule is Cc1ccc(Cn2ccc3cc(-c4cccc([C@H](O)CO)n4)ccc32)cc1. The van der Waals surface area contributed by atoms with Crippen molar-refractivity contribution in [1.82, 2.24) is 9.55 Å². The second-order valence-corrected chi connectivity index (χ2v) is 6.85. The lowest BCUT2D eigenvalue weighted by Gasteiger charge is -2.10. The molecule has 0 radical (unpaired) electrons. The summed E-state index contributed by atoms with van der Waals surface area (Å²) in [6.07, 6.45) is 1.15. The van der Waals surface area contributed by atoms with Crippen LogP contribution in [0.5, 0.6) is 0 Å². The van der Waals surface area contributed by atoms with E-state index in [-0.39, 0.29) is 6.61 Å². The van der Waals surface area contributed by atoms with E-state index in [2.05, 4.69) is 65.1 Å². The van der Waals surface area contributed by atoms with Gasteiger partial charge in [0.05, 0.1) is 18.0 Å². The molecule has 0 aliphatic carbocycles. The third kappa shape index (κ3) is 3.63. The standard InChI is InChI=1S/C23H22N2O2/c1-16-5-7-17(8-6-16)14-25-12-11-19-13-18(9-10-22(19)25)20-3-2-4-21(24-20)23(27)15-26/h2-13,23,26-27H,14-15H2,1H3/t23-/m1/s1. The van der Waals surface area contributed by atoms with Gasteiger partial charge in [0.25, 0.3) is 0 Å². The van der Waals surface area contributed by atoms with Crippen molar-refractivity contribution in [2.24, 2.45) is 0 Å². The smallest absolute Gasteiger partial charge is 0.119 e. The molecule has 1 atom stereocenters. The maximum Gasteiger partial charge on any atom is 0.119 e. The molecule has 0 saturated heterocycles. The topological polar surface area (TPSA) is 58.3 Å². The summed E-state index contributed by atoms with van der Waals surface area (Å²) >= 11 is 0. The van der Waals surface area contributed by atoms with Crippen molar-refractivity contribution in [2.45, 2.75) is 19.6 Å². The first-order valence-electron chi connectivity index (χ1n) is 9.05. The van der Waals surface area contributed by atoms with Gasteiger partial charge in [0, 0.05) is 29.2 Å². The van der Waals surface area contributed by atoms with Crippen molar-refractivity contribution in [3.8, 4) is 11.3 Å². The predicted octanol–water partition coefficient (Wildman–Crippen LogP) is 4.09. The molecule has 0 spiro atoms. The van der Waals surface area contributed by atoms with Gasteiger partial charge in [0.1, 0.15) is 6.10 Å². The van der Waals surface area contributed by atoms with Crippen molar-refractivity contribution in [3.63, 3.8) is 0 Å². The Kier molecular flexibility index (Phi) is 4.75. The molecule has 2 aromatic heterocycles. The zero-order valence-corrected chi connectivity index (χ0v) is 15.2. The fourth-order valence-electron chi connectivity index (χ4n) is 3.28. The number of aromatic nitrogens is 2. The Morgan fingerprint density at radius 2 is 1.81 bits per heavy atom. The maximum atomic E-state index is 9.82. The molecule has 0 saturated carbocycles. The summed E-state index contributed by atoms with van der Waals surface area (Å²) in [5, 5.41) is 20.1. The average Bonchev–Trinajstić information content (AvgIpc) is 3.11. The van der Waals surface area contributed by atoms with E-state index in [0.717, 1.165) is 23.2 Å². The van der Waals surface area contributed by atoms with Gasteiger partial charge in [-0.3, -0.25) is 0 Å². The van der Waals surface area contributed by atoms with Crippen molar-refractivity contribution < 1.29 is 10.2 Å². The molecule has 0 unspecified atom stereocenters. The average molecular weight is 358 g/mol. The van der Waals surface area contributed by atoms with Crippen LogP contribution in [0, 0.1) is 6.92 Å². The monoisotopic (exact) mass is 358 g/mol. The summed E-state index contributed by atoms with van der Waals surface area (Å²) < 4.78 is 2.24. The summed E-state index contributed by atoms with van der Waals surface area (Å²) in [5.41, 5.74) is 5.96. The van der Waals surface area contributed by atoms with Gasteiger partial charge in [-0.2, -0.15) is 0 Å². The summed E-state index contributed by atoms with van der Waals surface area (Å²) in [6, 6.07) is 22.5. The highest BCUT2D eigenvalue weighted by atomic mass is 16.3. The minimum absolute atomic E-state index is 0.336. The van der Waals surface area contributed by atoms with Gasteiger partial charge in [0.15, 0.2) is 0 Å². The predicted molar refractivity (Wildman–Crippen MR) is 107 cm³/mol. The summed E-state index contributed by atoms with van der Waals surface area (Å²) in [7, 11) is 0. The van der Waals surface area contributed by atoms with E-state index in [4.69, 9.17) is 5.11 Å². The van der Waals surface area contributed by atoms with Gasteiger partial charge in [0.2, 0.25) is 0 Å². The molecule has 2 aromatic carbocycles. The summed E-state index contributed by atoms with van der Waals surface area (Å²) in [4.78, 5) is 4.49. The molecule has 0 aliphatic rings. The Balaban J connectivity index is 1.65. The third-order valence-corrected chi connectivity index (χ3v) is 4.83. The van der Waals surface area contributed by atoms with Crippen molar-refractivity contribution in [1.29, 1.82) is 0 Å². The number of hydrogen-bond acceptors (Lipinski definition) is 3. The molecule has 0 bridgehead atoms. The van der Waals surface area contributed by atoms with Gasteiger partial charge < -0.3 is 14.8 Å². The number of aryl methyl sites for hydroxylation is 1. The second-order valence-electron chi connectivity index (χ2n) is 6.85. The molecule has 136 valence electrons. The first-order chi connectivity index (χ1) is 13.1. The first-order valence-corrected chi connectivity index (χ1v) is 9.05. The zero-order valence-electron chi connectivity index (χ0n) is 15.2. The number of nitrogens with zero attached hydrogens (tertiary/aromatic N) is 2. The molecule has 0 amide bonds. The van der Waals surface area contributed by atoms with Crippen LogP contribution < -0.4 is 0 Å². The lowest BCUT2D eigenvalue weighted by atomic mass is 10.1. The van der Waals surface area contributed by atoms with Crippen LogP contribution in [0.25, 0.3) is 22.2 Å². The molecule has 27 heavy (non-hydrogen) atoms. The van der Waals surface area contributed by atoms with E-state index in [1.165, 1.54) is 16.6 Å². The van der Waals surface area contributed by atoms with Crippen molar-refractivity contribution in [2.75, 3.05) is 6.61 Å². The number of aliphatic hydroxyl groups excluding tert-OH is 2. The molecule has 0 fully saturated rings. The number of pyridine rings is 1. The molecular weight excluding hydrogens is 336 g/mol. The van der Waals surface area contributed by atoms with Gasteiger partial charge >= 0.3 is 0 Å². The quantitative estimate of drug-likeness (QED) is 0.565. The highest BCUT2D eigenvalue weighted by Crippen LogP contribution is 2.25. The Bertz CT molecular complexity index is 1070. The lowest BCUT2D eigenvalue weighted by molar-refractivity contribution is 0.0923. The molecule has 0 aliphatic heterocycles. The molecule has 2 N–H and O–H groups in total. The minimum atomic E-state index is -0.954. The van der Waals surface area contributed by atoms with E-state index >= 15 is 0 Å². The first kappa shape index (κ1) is 17.5.